The fourth-order valence-electron chi connectivity index (χ4n) is 1.60. The molecule has 0 saturated heterocycles. The largest absolute Gasteiger partial charge is 0.507 e. The Bertz CT molecular complexity index is 446. The SMILES string of the molecule is NC(C(=O)O)c1cc2c(cc1O)OCCCO2. The molecule has 0 amide bonds. The Morgan fingerprint density at radius 2 is 1.88 bits per heavy atom. The van der Waals surface area contributed by atoms with E-state index in [-0.39, 0.29) is 11.3 Å². The van der Waals surface area contributed by atoms with Crippen LogP contribution in [0.4, 0.5) is 0 Å². The molecule has 4 N–H and O–H groups in total. The molecule has 2 rings (SSSR count). The van der Waals surface area contributed by atoms with Gasteiger partial charge in [0.15, 0.2) is 11.5 Å². The van der Waals surface area contributed by atoms with E-state index in [1.165, 1.54) is 12.1 Å². The van der Waals surface area contributed by atoms with Gasteiger partial charge in [-0.25, -0.2) is 0 Å². The molecule has 1 atom stereocenters. The number of carboxylic acids is 1. The summed E-state index contributed by atoms with van der Waals surface area (Å²) < 4.78 is 10.7. The number of rotatable bonds is 2. The zero-order chi connectivity index (χ0) is 12.4. The topological polar surface area (TPSA) is 102 Å². The van der Waals surface area contributed by atoms with Crippen LogP contribution in [0.25, 0.3) is 0 Å². The zero-order valence-electron chi connectivity index (χ0n) is 9.05. The summed E-state index contributed by atoms with van der Waals surface area (Å²) in [4.78, 5) is 10.8. The lowest BCUT2D eigenvalue weighted by molar-refractivity contribution is -0.138. The van der Waals surface area contributed by atoms with E-state index in [2.05, 4.69) is 0 Å². The Hall–Kier alpha value is -1.95. The Labute approximate surface area is 97.6 Å². The molecule has 0 aliphatic carbocycles. The number of aromatic hydroxyl groups is 1. The lowest BCUT2D eigenvalue weighted by Gasteiger charge is -2.13. The molecule has 0 spiro atoms. The summed E-state index contributed by atoms with van der Waals surface area (Å²) in [6, 6.07) is 1.46. The lowest BCUT2D eigenvalue weighted by Crippen LogP contribution is -2.20. The van der Waals surface area contributed by atoms with E-state index in [4.69, 9.17) is 20.3 Å². The van der Waals surface area contributed by atoms with E-state index in [0.717, 1.165) is 6.42 Å². The summed E-state index contributed by atoms with van der Waals surface area (Å²) in [5, 5.41) is 18.5. The van der Waals surface area contributed by atoms with Crippen LogP contribution in [0.1, 0.15) is 18.0 Å². The average molecular weight is 239 g/mol. The van der Waals surface area contributed by atoms with E-state index < -0.39 is 12.0 Å². The zero-order valence-corrected chi connectivity index (χ0v) is 9.05. The molecule has 1 aromatic carbocycles. The van der Waals surface area contributed by atoms with Gasteiger partial charge >= 0.3 is 5.97 Å². The molecule has 0 saturated carbocycles. The van der Waals surface area contributed by atoms with Gasteiger partial charge in [-0.3, -0.25) is 4.79 Å². The molecule has 17 heavy (non-hydrogen) atoms. The predicted octanol–water partition coefficient (Wildman–Crippen LogP) is 0.638. The molecule has 0 radical (unpaired) electrons. The van der Waals surface area contributed by atoms with Gasteiger partial charge in [0.2, 0.25) is 0 Å². The van der Waals surface area contributed by atoms with Crippen molar-refractivity contribution < 1.29 is 24.5 Å². The number of fused-ring (bicyclic) bond motifs is 1. The van der Waals surface area contributed by atoms with Gasteiger partial charge in [0, 0.05) is 18.1 Å². The molecule has 1 aliphatic heterocycles. The van der Waals surface area contributed by atoms with Crippen molar-refractivity contribution in [2.45, 2.75) is 12.5 Å². The predicted molar refractivity (Wildman–Crippen MR) is 58.3 cm³/mol. The van der Waals surface area contributed by atoms with Crippen molar-refractivity contribution in [3.8, 4) is 17.2 Å². The number of nitrogens with two attached hydrogens (primary N) is 1. The van der Waals surface area contributed by atoms with Crippen molar-refractivity contribution >= 4 is 5.97 Å². The quantitative estimate of drug-likeness (QED) is 0.699. The van der Waals surface area contributed by atoms with Crippen LogP contribution >= 0.6 is 0 Å². The Morgan fingerprint density at radius 1 is 1.29 bits per heavy atom. The van der Waals surface area contributed by atoms with Gasteiger partial charge in [0.05, 0.1) is 13.2 Å². The Balaban J connectivity index is 2.42. The molecule has 0 fully saturated rings. The first kappa shape index (κ1) is 11.5. The second-order valence-corrected chi connectivity index (χ2v) is 3.72. The van der Waals surface area contributed by atoms with Gasteiger partial charge in [-0.15, -0.1) is 0 Å². The third-order valence-electron chi connectivity index (χ3n) is 2.50. The summed E-state index contributed by atoms with van der Waals surface area (Å²) >= 11 is 0. The van der Waals surface area contributed by atoms with E-state index in [1.807, 2.05) is 0 Å². The highest BCUT2D eigenvalue weighted by molar-refractivity contribution is 5.77. The van der Waals surface area contributed by atoms with Crippen molar-refractivity contribution in [1.29, 1.82) is 0 Å². The number of benzene rings is 1. The molecule has 1 heterocycles. The highest BCUT2D eigenvalue weighted by Crippen LogP contribution is 2.37. The number of carboxylic acid groups (broad SMARTS) is 1. The summed E-state index contributed by atoms with van der Waals surface area (Å²) in [6.45, 7) is 0.982. The van der Waals surface area contributed by atoms with Crippen molar-refractivity contribution in [2.24, 2.45) is 5.73 Å². The minimum absolute atomic E-state index is 0.113. The maximum atomic E-state index is 10.8. The number of phenolic OH excluding ortho intramolecular Hbond substituents is 1. The first-order valence-electron chi connectivity index (χ1n) is 5.20. The van der Waals surface area contributed by atoms with Crippen LogP contribution in [0.2, 0.25) is 0 Å². The molecule has 92 valence electrons. The molecule has 0 bridgehead atoms. The van der Waals surface area contributed by atoms with Gasteiger partial charge in [0.1, 0.15) is 11.8 Å². The number of carbonyl (C=O) groups is 1. The third-order valence-corrected chi connectivity index (χ3v) is 2.50. The second kappa shape index (κ2) is 4.50. The monoisotopic (exact) mass is 239 g/mol. The van der Waals surface area contributed by atoms with Crippen LogP contribution < -0.4 is 15.2 Å². The molecule has 1 aliphatic rings. The highest BCUT2D eigenvalue weighted by Gasteiger charge is 2.22. The number of ether oxygens (including phenoxy) is 2. The van der Waals surface area contributed by atoms with Crippen LogP contribution in [0.5, 0.6) is 17.2 Å². The van der Waals surface area contributed by atoms with Crippen molar-refractivity contribution in [3.63, 3.8) is 0 Å². The highest BCUT2D eigenvalue weighted by atomic mass is 16.5. The summed E-state index contributed by atoms with van der Waals surface area (Å²) in [5.41, 5.74) is 5.57. The van der Waals surface area contributed by atoms with Crippen LogP contribution in [-0.4, -0.2) is 29.4 Å². The fourth-order valence-corrected chi connectivity index (χ4v) is 1.60. The Kier molecular flexibility index (Phi) is 3.06. The maximum absolute atomic E-state index is 10.8. The summed E-state index contributed by atoms with van der Waals surface area (Å²) in [6.07, 6.45) is 0.732. The molecular weight excluding hydrogens is 226 g/mol. The van der Waals surface area contributed by atoms with E-state index in [0.29, 0.717) is 24.7 Å². The third kappa shape index (κ3) is 2.26. The molecule has 1 unspecified atom stereocenters. The molecule has 0 aromatic heterocycles. The fraction of sp³-hybridized carbons (Fsp3) is 0.364. The lowest BCUT2D eigenvalue weighted by atomic mass is 10.1. The standard InChI is InChI=1S/C11H13NO5/c12-10(11(14)15)6-4-8-9(5-7(6)13)17-3-1-2-16-8/h4-5,10,13H,1-3,12H2,(H,14,15). The number of hydrogen-bond donors (Lipinski definition) is 3. The smallest absolute Gasteiger partial charge is 0.325 e. The van der Waals surface area contributed by atoms with Crippen LogP contribution in [0, 0.1) is 0 Å². The summed E-state index contributed by atoms with van der Waals surface area (Å²) in [7, 11) is 0. The van der Waals surface area contributed by atoms with E-state index in [9.17, 15) is 9.90 Å². The maximum Gasteiger partial charge on any atom is 0.325 e. The van der Waals surface area contributed by atoms with Crippen molar-refractivity contribution in [2.75, 3.05) is 13.2 Å². The molecule has 1 aromatic rings. The van der Waals surface area contributed by atoms with Crippen LogP contribution in [-0.2, 0) is 4.79 Å². The first-order valence-corrected chi connectivity index (χ1v) is 5.20. The second-order valence-electron chi connectivity index (χ2n) is 3.72. The minimum Gasteiger partial charge on any atom is -0.507 e. The Morgan fingerprint density at radius 3 is 2.47 bits per heavy atom. The van der Waals surface area contributed by atoms with E-state index in [1.54, 1.807) is 0 Å². The van der Waals surface area contributed by atoms with E-state index >= 15 is 0 Å². The molecular formula is C11H13NO5. The van der Waals surface area contributed by atoms with Crippen molar-refractivity contribution in [3.05, 3.63) is 17.7 Å². The molecule has 6 nitrogen and oxygen atoms in total. The van der Waals surface area contributed by atoms with Gasteiger partial charge < -0.3 is 25.4 Å². The number of hydrogen-bond acceptors (Lipinski definition) is 5. The normalized spacial score (nSPS) is 16.1. The molecule has 6 heteroatoms. The van der Waals surface area contributed by atoms with Gasteiger partial charge in [-0.05, 0) is 6.07 Å². The number of aliphatic carboxylic acids is 1. The van der Waals surface area contributed by atoms with Gasteiger partial charge in [-0.2, -0.15) is 0 Å². The number of phenols is 1. The van der Waals surface area contributed by atoms with Gasteiger partial charge in [-0.1, -0.05) is 0 Å². The van der Waals surface area contributed by atoms with Gasteiger partial charge in [0.25, 0.3) is 0 Å². The minimum atomic E-state index is -1.29. The summed E-state index contributed by atoms with van der Waals surface area (Å²) in [5.74, 6) is -0.604. The first-order chi connectivity index (χ1) is 8.09. The van der Waals surface area contributed by atoms with Crippen LogP contribution in [0.3, 0.4) is 0 Å². The van der Waals surface area contributed by atoms with Crippen molar-refractivity contribution in [1.82, 2.24) is 0 Å². The average Bonchev–Trinajstić information content (AvgIpc) is 2.51. The van der Waals surface area contributed by atoms with Crippen LogP contribution in [0.15, 0.2) is 12.1 Å².